The van der Waals surface area contributed by atoms with Gasteiger partial charge in [-0.3, -0.25) is 4.79 Å². The minimum Gasteiger partial charge on any atom is -0.356 e. The van der Waals surface area contributed by atoms with Crippen LogP contribution < -0.4 is 10.6 Å². The van der Waals surface area contributed by atoms with Crippen LogP contribution in [0.1, 0.15) is 32.6 Å². The van der Waals surface area contributed by atoms with E-state index in [2.05, 4.69) is 46.8 Å². The normalized spacial score (nSPS) is 15.0. The third-order valence-corrected chi connectivity index (χ3v) is 5.65. The Labute approximate surface area is 178 Å². The van der Waals surface area contributed by atoms with Crippen LogP contribution in [0, 0.1) is 0 Å². The molecule has 1 aromatic carbocycles. The first kappa shape index (κ1) is 23.1. The third-order valence-electron chi connectivity index (χ3n) is 4.16. The van der Waals surface area contributed by atoms with Crippen molar-refractivity contribution in [2.75, 3.05) is 33.7 Å². The van der Waals surface area contributed by atoms with Gasteiger partial charge in [0.05, 0.1) is 0 Å². The highest BCUT2D eigenvalue weighted by molar-refractivity contribution is 14.0. The molecule has 0 spiro atoms. The minimum absolute atomic E-state index is 0. The van der Waals surface area contributed by atoms with Crippen LogP contribution in [0.2, 0.25) is 0 Å². The molecule has 1 aliphatic carbocycles. The van der Waals surface area contributed by atoms with Crippen molar-refractivity contribution < 1.29 is 4.79 Å². The summed E-state index contributed by atoms with van der Waals surface area (Å²) in [6.07, 6.45) is 4.63. The molecule has 2 rings (SSSR count). The number of halogens is 1. The fraction of sp³-hybridized carbons (Fsp3) is 0.579. The summed E-state index contributed by atoms with van der Waals surface area (Å²) in [5.41, 5.74) is 0. The molecule has 0 aliphatic heterocycles. The Morgan fingerprint density at radius 2 is 1.92 bits per heavy atom. The summed E-state index contributed by atoms with van der Waals surface area (Å²) in [4.78, 5) is 19.1. The largest absolute Gasteiger partial charge is 0.356 e. The first-order valence-corrected chi connectivity index (χ1v) is 9.83. The molecule has 0 radical (unpaired) electrons. The second kappa shape index (κ2) is 11.7. The summed E-state index contributed by atoms with van der Waals surface area (Å²) < 4.78 is 0.250. The maximum Gasteiger partial charge on any atom is 0.243 e. The standard InChI is InChI=1S/C19H30N4OS.HI/c1-4-5-13-20-18(21-14-17(24)23(2)3)22-15-19(11-12-19)25-16-9-7-6-8-10-16;/h6-10H,4-5,11-15H2,1-3H3,(H2,20,21,22);1H. The van der Waals surface area contributed by atoms with Crippen molar-refractivity contribution >= 4 is 47.6 Å². The van der Waals surface area contributed by atoms with Gasteiger partial charge >= 0.3 is 0 Å². The van der Waals surface area contributed by atoms with Crippen LogP contribution in [0.25, 0.3) is 0 Å². The number of carbonyl (C=O) groups excluding carboxylic acids is 1. The number of amides is 1. The fourth-order valence-corrected chi connectivity index (χ4v) is 3.53. The summed E-state index contributed by atoms with van der Waals surface area (Å²) in [6.45, 7) is 4.07. The zero-order chi connectivity index (χ0) is 18.1. The second-order valence-electron chi connectivity index (χ2n) is 6.69. The zero-order valence-electron chi connectivity index (χ0n) is 16.0. The lowest BCUT2D eigenvalue weighted by Crippen LogP contribution is -2.42. The van der Waals surface area contributed by atoms with Gasteiger partial charge in [0.25, 0.3) is 0 Å². The van der Waals surface area contributed by atoms with Crippen LogP contribution in [0.3, 0.4) is 0 Å². The number of unbranched alkanes of at least 4 members (excludes halogenated alkanes) is 1. The predicted molar refractivity (Wildman–Crippen MR) is 122 cm³/mol. The number of likely N-dealkylation sites (N-methyl/N-ethyl adjacent to an activating group) is 1. The molecule has 1 saturated carbocycles. The predicted octanol–water partition coefficient (Wildman–Crippen LogP) is 3.35. The molecule has 1 fully saturated rings. The van der Waals surface area contributed by atoms with Gasteiger partial charge in [-0.15, -0.1) is 35.7 Å². The van der Waals surface area contributed by atoms with Crippen LogP contribution in [0.4, 0.5) is 0 Å². The smallest absolute Gasteiger partial charge is 0.243 e. The van der Waals surface area contributed by atoms with Gasteiger partial charge in [-0.25, -0.2) is 4.99 Å². The molecule has 0 atom stereocenters. The number of guanidine groups is 1. The van der Waals surface area contributed by atoms with Crippen LogP contribution in [-0.4, -0.2) is 55.2 Å². The van der Waals surface area contributed by atoms with Crippen LogP contribution in [0.5, 0.6) is 0 Å². The van der Waals surface area contributed by atoms with E-state index in [1.807, 2.05) is 17.8 Å². The number of carbonyl (C=O) groups is 1. The highest BCUT2D eigenvalue weighted by atomic mass is 127. The van der Waals surface area contributed by atoms with Crippen molar-refractivity contribution in [1.29, 1.82) is 0 Å². The molecule has 1 amide bonds. The Hall–Kier alpha value is -0.960. The lowest BCUT2D eigenvalue weighted by Gasteiger charge is -2.19. The van der Waals surface area contributed by atoms with Gasteiger partial charge in [-0.2, -0.15) is 0 Å². The molecule has 0 heterocycles. The maximum atomic E-state index is 11.8. The van der Waals surface area contributed by atoms with Crippen molar-refractivity contribution in [3.05, 3.63) is 30.3 Å². The van der Waals surface area contributed by atoms with Crippen molar-refractivity contribution in [2.45, 2.75) is 42.2 Å². The SMILES string of the molecule is CCCCNC(=NCC(=O)N(C)C)NCC1(Sc2ccccc2)CC1.I. The highest BCUT2D eigenvalue weighted by Crippen LogP contribution is 2.51. The van der Waals surface area contributed by atoms with Crippen molar-refractivity contribution in [1.82, 2.24) is 15.5 Å². The van der Waals surface area contributed by atoms with Crippen LogP contribution in [0.15, 0.2) is 40.2 Å². The summed E-state index contributed by atoms with van der Waals surface area (Å²) in [5.74, 6) is 0.750. The molecular formula is C19H31IN4OS. The maximum absolute atomic E-state index is 11.8. The number of hydrogen-bond donors (Lipinski definition) is 2. The molecule has 26 heavy (non-hydrogen) atoms. The molecule has 146 valence electrons. The topological polar surface area (TPSA) is 56.7 Å². The Balaban J connectivity index is 0.00000338. The summed E-state index contributed by atoms with van der Waals surface area (Å²) in [5, 5.41) is 6.78. The zero-order valence-corrected chi connectivity index (χ0v) is 19.1. The molecule has 0 unspecified atom stereocenters. The van der Waals surface area contributed by atoms with Gasteiger partial charge < -0.3 is 15.5 Å². The van der Waals surface area contributed by atoms with Crippen LogP contribution >= 0.6 is 35.7 Å². The van der Waals surface area contributed by atoms with E-state index < -0.39 is 0 Å². The molecule has 0 saturated heterocycles. The molecular weight excluding hydrogens is 459 g/mol. The Bertz CT molecular complexity index is 576. The van der Waals surface area contributed by atoms with E-state index in [4.69, 9.17) is 0 Å². The van der Waals surface area contributed by atoms with E-state index in [0.717, 1.165) is 31.9 Å². The van der Waals surface area contributed by atoms with E-state index in [1.165, 1.54) is 17.7 Å². The Morgan fingerprint density at radius 3 is 2.50 bits per heavy atom. The van der Waals surface area contributed by atoms with E-state index in [0.29, 0.717) is 0 Å². The molecule has 1 aliphatic rings. The molecule has 0 aromatic heterocycles. The first-order chi connectivity index (χ1) is 12.0. The average molecular weight is 490 g/mol. The Morgan fingerprint density at radius 1 is 1.23 bits per heavy atom. The number of benzene rings is 1. The second-order valence-corrected chi connectivity index (χ2v) is 8.23. The number of aliphatic imine (C=N–C) groups is 1. The minimum atomic E-state index is 0. The summed E-state index contributed by atoms with van der Waals surface area (Å²) >= 11 is 1.94. The Kier molecular flexibility index (Phi) is 10.4. The lowest BCUT2D eigenvalue weighted by atomic mass is 10.3. The number of nitrogens with zero attached hydrogens (tertiary/aromatic N) is 2. The number of hydrogen-bond acceptors (Lipinski definition) is 3. The monoisotopic (exact) mass is 490 g/mol. The fourth-order valence-electron chi connectivity index (χ4n) is 2.28. The molecule has 1 aromatic rings. The van der Waals surface area contributed by atoms with E-state index >= 15 is 0 Å². The number of thioether (sulfide) groups is 1. The van der Waals surface area contributed by atoms with E-state index in [-0.39, 0.29) is 41.2 Å². The quantitative estimate of drug-likeness (QED) is 0.241. The van der Waals surface area contributed by atoms with Gasteiger partial charge in [0, 0.05) is 36.8 Å². The number of nitrogens with one attached hydrogen (secondary N) is 2. The molecule has 0 bridgehead atoms. The molecule has 2 N–H and O–H groups in total. The third kappa shape index (κ3) is 8.16. The number of rotatable bonds is 9. The van der Waals surface area contributed by atoms with E-state index in [9.17, 15) is 4.79 Å². The van der Waals surface area contributed by atoms with Gasteiger partial charge in [-0.05, 0) is 31.4 Å². The van der Waals surface area contributed by atoms with Crippen molar-refractivity contribution in [2.24, 2.45) is 4.99 Å². The van der Waals surface area contributed by atoms with E-state index in [1.54, 1.807) is 19.0 Å². The van der Waals surface area contributed by atoms with Gasteiger partial charge in [0.15, 0.2) is 5.96 Å². The summed E-state index contributed by atoms with van der Waals surface area (Å²) in [7, 11) is 3.51. The van der Waals surface area contributed by atoms with Crippen molar-refractivity contribution in [3.8, 4) is 0 Å². The van der Waals surface area contributed by atoms with Gasteiger partial charge in [0.1, 0.15) is 6.54 Å². The van der Waals surface area contributed by atoms with Gasteiger partial charge in [-0.1, -0.05) is 31.5 Å². The van der Waals surface area contributed by atoms with Crippen molar-refractivity contribution in [3.63, 3.8) is 0 Å². The van der Waals surface area contributed by atoms with Crippen LogP contribution in [-0.2, 0) is 4.79 Å². The molecule has 5 nitrogen and oxygen atoms in total. The lowest BCUT2D eigenvalue weighted by molar-refractivity contribution is -0.127. The van der Waals surface area contributed by atoms with Gasteiger partial charge in [0.2, 0.25) is 5.91 Å². The summed E-state index contributed by atoms with van der Waals surface area (Å²) in [6, 6.07) is 10.5. The highest BCUT2D eigenvalue weighted by Gasteiger charge is 2.43. The average Bonchev–Trinajstić information content (AvgIpc) is 3.37. The molecule has 7 heteroatoms. The first-order valence-electron chi connectivity index (χ1n) is 9.01.